The highest BCUT2D eigenvalue weighted by Gasteiger charge is 2.17. The smallest absolute Gasteiger partial charge is 0.342 e. The van der Waals surface area contributed by atoms with E-state index in [0.717, 1.165) is 0 Å². The topological polar surface area (TPSA) is 94.7 Å². The lowest BCUT2D eigenvalue weighted by Gasteiger charge is -2.07. The first-order valence-corrected chi connectivity index (χ1v) is 5.44. The van der Waals surface area contributed by atoms with Crippen molar-refractivity contribution in [2.24, 2.45) is 0 Å². The van der Waals surface area contributed by atoms with Gasteiger partial charge in [-0.1, -0.05) is 11.2 Å². The fraction of sp³-hybridized carbons (Fsp3) is 0.250. The van der Waals surface area contributed by atoms with Crippen molar-refractivity contribution < 1.29 is 23.9 Å². The molecule has 0 aliphatic heterocycles. The Morgan fingerprint density at radius 3 is 2.89 bits per heavy atom. The number of para-hydroxylation sites is 1. The summed E-state index contributed by atoms with van der Waals surface area (Å²) in [4.78, 5) is 15.7. The minimum atomic E-state index is -0.702. The van der Waals surface area contributed by atoms with E-state index in [1.54, 1.807) is 13.0 Å². The average molecular weight is 264 g/mol. The van der Waals surface area contributed by atoms with E-state index in [2.05, 4.69) is 10.1 Å². The lowest BCUT2D eigenvalue weighted by atomic mass is 10.2. The van der Waals surface area contributed by atoms with E-state index >= 15 is 0 Å². The van der Waals surface area contributed by atoms with Crippen molar-refractivity contribution in [1.29, 1.82) is 0 Å². The molecule has 0 aliphatic rings. The molecule has 100 valence electrons. The molecule has 1 N–H and O–H groups in total. The van der Waals surface area contributed by atoms with E-state index in [-0.39, 0.29) is 29.6 Å². The van der Waals surface area contributed by atoms with Crippen LogP contribution in [0, 0.1) is 6.92 Å². The molecule has 0 bridgehead atoms. The lowest BCUT2D eigenvalue weighted by Crippen LogP contribution is -2.06. The monoisotopic (exact) mass is 264 g/mol. The summed E-state index contributed by atoms with van der Waals surface area (Å²) in [7, 11) is 1.39. The summed E-state index contributed by atoms with van der Waals surface area (Å²) in [6, 6.07) is 4.54. The number of ether oxygens (including phenoxy) is 2. The molecular weight excluding hydrogens is 252 g/mol. The van der Waals surface area contributed by atoms with Crippen LogP contribution in [0.3, 0.4) is 0 Å². The number of aryl methyl sites for hydroxylation is 1. The Morgan fingerprint density at radius 2 is 2.26 bits per heavy atom. The zero-order valence-electron chi connectivity index (χ0n) is 10.4. The van der Waals surface area contributed by atoms with Crippen molar-refractivity contribution in [3.05, 3.63) is 35.5 Å². The summed E-state index contributed by atoms with van der Waals surface area (Å²) in [6.07, 6.45) is 0. The molecule has 1 aromatic carbocycles. The third kappa shape index (κ3) is 2.82. The molecule has 1 aromatic heterocycles. The minimum absolute atomic E-state index is 0.00980. The number of phenolic OH excluding ortho intramolecular Hbond substituents is 1. The number of nitrogens with zero attached hydrogens (tertiary/aromatic N) is 2. The van der Waals surface area contributed by atoms with Crippen molar-refractivity contribution in [3.8, 4) is 11.5 Å². The maximum Gasteiger partial charge on any atom is 0.342 e. The number of carbonyl (C=O) groups is 1. The fourth-order valence-electron chi connectivity index (χ4n) is 1.46. The molecule has 2 rings (SSSR count). The van der Waals surface area contributed by atoms with Gasteiger partial charge in [0.25, 0.3) is 5.89 Å². The molecule has 0 saturated carbocycles. The van der Waals surface area contributed by atoms with E-state index < -0.39 is 5.97 Å². The summed E-state index contributed by atoms with van der Waals surface area (Å²) in [5.41, 5.74) is 0.00980. The van der Waals surface area contributed by atoms with Gasteiger partial charge in [-0.3, -0.25) is 0 Å². The van der Waals surface area contributed by atoms with Crippen LogP contribution in [0.4, 0.5) is 0 Å². The van der Waals surface area contributed by atoms with Gasteiger partial charge in [0, 0.05) is 0 Å². The fourth-order valence-corrected chi connectivity index (χ4v) is 1.46. The second-order valence-corrected chi connectivity index (χ2v) is 3.67. The molecule has 0 radical (unpaired) electrons. The van der Waals surface area contributed by atoms with Crippen molar-refractivity contribution in [2.45, 2.75) is 13.5 Å². The van der Waals surface area contributed by atoms with Gasteiger partial charge in [-0.25, -0.2) is 4.79 Å². The first-order valence-electron chi connectivity index (χ1n) is 5.44. The molecule has 0 fully saturated rings. The van der Waals surface area contributed by atoms with Gasteiger partial charge in [0.15, 0.2) is 23.9 Å². The van der Waals surface area contributed by atoms with Crippen LogP contribution < -0.4 is 4.74 Å². The Bertz CT molecular complexity index is 594. The first kappa shape index (κ1) is 12.9. The molecule has 1 heterocycles. The number of benzene rings is 1. The van der Waals surface area contributed by atoms with E-state index in [4.69, 9.17) is 14.0 Å². The van der Waals surface area contributed by atoms with Crippen molar-refractivity contribution in [1.82, 2.24) is 10.1 Å². The van der Waals surface area contributed by atoms with Crippen LogP contribution in [0.15, 0.2) is 22.7 Å². The molecular formula is C12H12N2O5. The van der Waals surface area contributed by atoms with Crippen LogP contribution in [0.5, 0.6) is 11.5 Å². The van der Waals surface area contributed by atoms with Crippen LogP contribution in [-0.2, 0) is 11.3 Å². The van der Waals surface area contributed by atoms with Crippen molar-refractivity contribution in [3.63, 3.8) is 0 Å². The highest BCUT2D eigenvalue weighted by Crippen LogP contribution is 2.29. The summed E-state index contributed by atoms with van der Waals surface area (Å²) in [6.45, 7) is 1.50. The zero-order chi connectivity index (χ0) is 13.8. The van der Waals surface area contributed by atoms with Gasteiger partial charge in [0.1, 0.15) is 5.56 Å². The molecule has 7 nitrogen and oxygen atoms in total. The number of carbonyl (C=O) groups excluding carboxylic acids is 1. The van der Waals surface area contributed by atoms with Crippen LogP contribution in [0.25, 0.3) is 0 Å². The van der Waals surface area contributed by atoms with Gasteiger partial charge in [0.2, 0.25) is 0 Å². The molecule has 0 saturated heterocycles. The van der Waals surface area contributed by atoms with Gasteiger partial charge >= 0.3 is 5.97 Å². The average Bonchev–Trinajstić information content (AvgIpc) is 2.82. The van der Waals surface area contributed by atoms with Crippen LogP contribution in [0.2, 0.25) is 0 Å². The molecule has 0 unspecified atom stereocenters. The normalized spacial score (nSPS) is 10.2. The molecule has 0 amide bonds. The second-order valence-electron chi connectivity index (χ2n) is 3.67. The first-order chi connectivity index (χ1) is 9.11. The molecule has 0 atom stereocenters. The quantitative estimate of drug-likeness (QED) is 0.835. The Hall–Kier alpha value is -2.57. The Labute approximate surface area is 108 Å². The number of aromatic nitrogens is 2. The van der Waals surface area contributed by atoms with Crippen molar-refractivity contribution >= 4 is 5.97 Å². The van der Waals surface area contributed by atoms with Gasteiger partial charge in [-0.05, 0) is 19.1 Å². The molecule has 0 spiro atoms. The van der Waals surface area contributed by atoms with Crippen molar-refractivity contribution in [2.75, 3.05) is 7.11 Å². The molecule has 2 aromatic rings. The Balaban J connectivity index is 2.08. The Morgan fingerprint density at radius 1 is 1.47 bits per heavy atom. The summed E-state index contributed by atoms with van der Waals surface area (Å²) >= 11 is 0. The van der Waals surface area contributed by atoms with Crippen LogP contribution in [0.1, 0.15) is 22.1 Å². The van der Waals surface area contributed by atoms with E-state index in [1.807, 2.05) is 0 Å². The molecule has 19 heavy (non-hydrogen) atoms. The highest BCUT2D eigenvalue weighted by molar-refractivity contribution is 5.93. The number of hydrogen-bond donors (Lipinski definition) is 1. The van der Waals surface area contributed by atoms with E-state index in [0.29, 0.717) is 5.82 Å². The number of methoxy groups -OCH3 is 1. The Kier molecular flexibility index (Phi) is 3.65. The maximum absolute atomic E-state index is 11.8. The summed E-state index contributed by atoms with van der Waals surface area (Å²) < 4.78 is 14.7. The molecule has 7 heteroatoms. The van der Waals surface area contributed by atoms with Gasteiger partial charge in [0.05, 0.1) is 7.11 Å². The largest absolute Gasteiger partial charge is 0.504 e. The lowest BCUT2D eigenvalue weighted by molar-refractivity contribution is 0.0426. The van der Waals surface area contributed by atoms with Gasteiger partial charge in [-0.15, -0.1) is 0 Å². The number of esters is 1. The third-order valence-corrected chi connectivity index (χ3v) is 2.34. The highest BCUT2D eigenvalue weighted by atomic mass is 16.6. The van der Waals surface area contributed by atoms with E-state index in [1.165, 1.54) is 19.2 Å². The van der Waals surface area contributed by atoms with Crippen LogP contribution in [-0.4, -0.2) is 28.3 Å². The second kappa shape index (κ2) is 5.38. The predicted octanol–water partition coefficient (Wildman–Crippen LogP) is 1.45. The minimum Gasteiger partial charge on any atom is -0.504 e. The zero-order valence-corrected chi connectivity index (χ0v) is 10.4. The summed E-state index contributed by atoms with van der Waals surface area (Å²) in [5, 5.41) is 13.3. The van der Waals surface area contributed by atoms with Gasteiger partial charge in [-0.2, -0.15) is 4.98 Å². The molecule has 0 aliphatic carbocycles. The third-order valence-electron chi connectivity index (χ3n) is 2.34. The van der Waals surface area contributed by atoms with Crippen LogP contribution >= 0.6 is 0 Å². The number of rotatable bonds is 4. The predicted molar refractivity (Wildman–Crippen MR) is 62.8 cm³/mol. The summed E-state index contributed by atoms with van der Waals surface area (Å²) in [5.74, 6) is -0.129. The van der Waals surface area contributed by atoms with Gasteiger partial charge < -0.3 is 19.1 Å². The van der Waals surface area contributed by atoms with E-state index in [9.17, 15) is 9.90 Å². The standard InChI is InChI=1S/C12H12N2O5/c1-7-13-10(19-14-7)6-18-12(16)8-4-3-5-9(17-2)11(8)15/h3-5,15H,6H2,1-2H3. The maximum atomic E-state index is 11.8. The SMILES string of the molecule is COc1cccc(C(=O)OCc2nc(C)no2)c1O. The number of aromatic hydroxyl groups is 1. The number of hydrogen-bond acceptors (Lipinski definition) is 7. The number of phenols is 1.